The van der Waals surface area contributed by atoms with Gasteiger partial charge in [-0.3, -0.25) is 0 Å². The third kappa shape index (κ3) is 17.8. The summed E-state index contributed by atoms with van der Waals surface area (Å²) in [6.45, 7) is 6.82. The minimum absolute atomic E-state index is 0.330. The van der Waals surface area contributed by atoms with Crippen LogP contribution in [0.4, 0.5) is 0 Å². The molecule has 1 atom stereocenters. The van der Waals surface area contributed by atoms with Crippen LogP contribution in [0.2, 0.25) is 0 Å². The summed E-state index contributed by atoms with van der Waals surface area (Å²) in [5.74, 6) is 0.491. The van der Waals surface area contributed by atoms with Gasteiger partial charge in [0.15, 0.2) is 0 Å². The number of aliphatic hydroxyl groups is 2. The Bertz CT molecular complexity index is 49.5. The summed E-state index contributed by atoms with van der Waals surface area (Å²) in [6.07, 6.45) is 3.12. The van der Waals surface area contributed by atoms with Crippen LogP contribution in [-0.2, 0) is 0 Å². The lowest BCUT2D eigenvalue weighted by atomic mass is 10.1. The number of rotatable bonds is 4. The van der Waals surface area contributed by atoms with E-state index in [1.165, 1.54) is 0 Å². The van der Waals surface area contributed by atoms with Gasteiger partial charge in [-0.25, -0.2) is 0 Å². The van der Waals surface area contributed by atoms with E-state index in [2.05, 4.69) is 13.8 Å². The first-order valence-corrected chi connectivity index (χ1v) is 4.44. The van der Waals surface area contributed by atoms with E-state index < -0.39 is 0 Å². The van der Waals surface area contributed by atoms with Crippen molar-refractivity contribution in [2.75, 3.05) is 13.2 Å². The summed E-state index contributed by atoms with van der Waals surface area (Å²) < 4.78 is 0. The smallest absolute Gasteiger partial charge is 0.0456 e. The van der Waals surface area contributed by atoms with Crippen molar-refractivity contribution >= 4 is 0 Å². The maximum absolute atomic E-state index is 8.33. The largest absolute Gasteiger partial charge is 0.396 e. The SMILES string of the molecule is CCC(C)CO.CCCCO. The molecule has 2 nitrogen and oxygen atoms in total. The zero-order valence-electron chi connectivity index (χ0n) is 8.01. The minimum atomic E-state index is 0.330. The third-order valence-corrected chi connectivity index (χ3v) is 1.52. The molecule has 0 aromatic rings. The van der Waals surface area contributed by atoms with Crippen LogP contribution in [0.1, 0.15) is 40.0 Å². The molecule has 2 heteroatoms. The Morgan fingerprint density at radius 2 is 1.73 bits per heavy atom. The van der Waals surface area contributed by atoms with Crippen LogP contribution in [0.3, 0.4) is 0 Å². The maximum Gasteiger partial charge on any atom is 0.0456 e. The fraction of sp³-hybridized carbons (Fsp3) is 1.00. The average molecular weight is 162 g/mol. The fourth-order valence-electron chi connectivity index (χ4n) is 0.287. The standard InChI is InChI=1S/C5H12O.C4H10O/c1-3-5(2)4-6;1-2-3-4-5/h5-6H,3-4H2,1-2H3;5H,2-4H2,1H3. The average Bonchev–Trinajstić information content (AvgIpc) is 2.06. The van der Waals surface area contributed by atoms with Gasteiger partial charge < -0.3 is 10.2 Å². The summed E-state index contributed by atoms with van der Waals surface area (Å²) in [6, 6.07) is 0. The molecule has 0 aromatic heterocycles. The van der Waals surface area contributed by atoms with Crippen LogP contribution in [0.25, 0.3) is 0 Å². The molecule has 0 fully saturated rings. The zero-order chi connectivity index (χ0) is 9.11. The number of aliphatic hydroxyl groups excluding tert-OH is 2. The van der Waals surface area contributed by atoms with Crippen molar-refractivity contribution < 1.29 is 10.2 Å². The van der Waals surface area contributed by atoms with Gasteiger partial charge in [-0.1, -0.05) is 33.6 Å². The molecule has 0 aliphatic carbocycles. The van der Waals surface area contributed by atoms with Gasteiger partial charge in [0.05, 0.1) is 0 Å². The summed E-state index contributed by atoms with van der Waals surface area (Å²) in [4.78, 5) is 0. The lowest BCUT2D eigenvalue weighted by Gasteiger charge is -1.98. The van der Waals surface area contributed by atoms with E-state index in [4.69, 9.17) is 10.2 Å². The van der Waals surface area contributed by atoms with Gasteiger partial charge >= 0.3 is 0 Å². The number of hydrogen-bond donors (Lipinski definition) is 2. The first-order chi connectivity index (χ1) is 5.22. The molecule has 0 aliphatic heterocycles. The van der Waals surface area contributed by atoms with E-state index in [0.717, 1.165) is 19.3 Å². The molecule has 0 heterocycles. The molecule has 0 saturated heterocycles. The first kappa shape index (κ1) is 13.5. The van der Waals surface area contributed by atoms with Gasteiger partial charge in [-0.05, 0) is 12.3 Å². The van der Waals surface area contributed by atoms with Crippen LogP contribution in [0.5, 0.6) is 0 Å². The van der Waals surface area contributed by atoms with Crippen molar-refractivity contribution in [3.05, 3.63) is 0 Å². The quantitative estimate of drug-likeness (QED) is 0.661. The highest BCUT2D eigenvalue weighted by Crippen LogP contribution is 1.95. The second kappa shape index (κ2) is 12.6. The Morgan fingerprint density at radius 3 is 1.73 bits per heavy atom. The van der Waals surface area contributed by atoms with E-state index >= 15 is 0 Å². The highest BCUT2D eigenvalue weighted by Gasteiger charge is 1.90. The molecule has 0 spiro atoms. The Balaban J connectivity index is 0. The minimum Gasteiger partial charge on any atom is -0.396 e. The summed E-state index contributed by atoms with van der Waals surface area (Å²) in [7, 11) is 0. The van der Waals surface area contributed by atoms with Crippen LogP contribution in [0, 0.1) is 5.92 Å². The molecular formula is C9H22O2. The topological polar surface area (TPSA) is 40.5 Å². The van der Waals surface area contributed by atoms with E-state index in [1.54, 1.807) is 0 Å². The molecule has 0 saturated carbocycles. The second-order valence-electron chi connectivity index (χ2n) is 2.77. The predicted molar refractivity (Wildman–Crippen MR) is 48.5 cm³/mol. The van der Waals surface area contributed by atoms with Gasteiger partial charge in [0.1, 0.15) is 0 Å². The second-order valence-corrected chi connectivity index (χ2v) is 2.77. The molecular weight excluding hydrogens is 140 g/mol. The highest BCUT2D eigenvalue weighted by atomic mass is 16.3. The molecule has 0 amide bonds. The molecule has 0 rings (SSSR count). The van der Waals surface area contributed by atoms with Crippen LogP contribution < -0.4 is 0 Å². The van der Waals surface area contributed by atoms with E-state index in [9.17, 15) is 0 Å². The molecule has 0 aromatic carbocycles. The molecule has 1 unspecified atom stereocenters. The molecule has 70 valence electrons. The van der Waals surface area contributed by atoms with Crippen molar-refractivity contribution in [3.8, 4) is 0 Å². The lowest BCUT2D eigenvalue weighted by molar-refractivity contribution is 0.234. The molecule has 0 bridgehead atoms. The van der Waals surface area contributed by atoms with E-state index in [1.807, 2.05) is 6.92 Å². The van der Waals surface area contributed by atoms with Gasteiger partial charge in [-0.2, -0.15) is 0 Å². The monoisotopic (exact) mass is 162 g/mol. The molecule has 0 aliphatic rings. The van der Waals surface area contributed by atoms with Crippen molar-refractivity contribution in [2.45, 2.75) is 40.0 Å². The summed E-state index contributed by atoms with van der Waals surface area (Å²) >= 11 is 0. The Morgan fingerprint density at radius 1 is 1.18 bits per heavy atom. The predicted octanol–water partition coefficient (Wildman–Crippen LogP) is 1.80. The van der Waals surface area contributed by atoms with Crippen molar-refractivity contribution in [2.24, 2.45) is 5.92 Å². The Hall–Kier alpha value is -0.0800. The zero-order valence-corrected chi connectivity index (χ0v) is 8.01. The Labute approximate surface area is 70.3 Å². The van der Waals surface area contributed by atoms with Crippen LogP contribution in [0.15, 0.2) is 0 Å². The Kier molecular flexibility index (Phi) is 15.4. The van der Waals surface area contributed by atoms with Gasteiger partial charge in [0.25, 0.3) is 0 Å². The number of unbranched alkanes of at least 4 members (excludes halogenated alkanes) is 1. The van der Waals surface area contributed by atoms with Gasteiger partial charge in [-0.15, -0.1) is 0 Å². The molecule has 11 heavy (non-hydrogen) atoms. The molecule has 2 N–H and O–H groups in total. The summed E-state index contributed by atoms with van der Waals surface area (Å²) in [5, 5.41) is 16.4. The van der Waals surface area contributed by atoms with E-state index in [0.29, 0.717) is 19.1 Å². The normalized spacial score (nSPS) is 11.7. The van der Waals surface area contributed by atoms with Crippen molar-refractivity contribution in [1.82, 2.24) is 0 Å². The van der Waals surface area contributed by atoms with Crippen LogP contribution in [-0.4, -0.2) is 23.4 Å². The maximum atomic E-state index is 8.33. The lowest BCUT2D eigenvalue weighted by Crippen LogP contribution is -1.96. The van der Waals surface area contributed by atoms with Crippen LogP contribution >= 0.6 is 0 Å². The molecule has 0 radical (unpaired) electrons. The third-order valence-electron chi connectivity index (χ3n) is 1.52. The highest BCUT2D eigenvalue weighted by molar-refractivity contribution is 4.41. The van der Waals surface area contributed by atoms with Gasteiger partial charge in [0, 0.05) is 13.2 Å². The fourth-order valence-corrected chi connectivity index (χ4v) is 0.287. The van der Waals surface area contributed by atoms with Crippen molar-refractivity contribution in [3.63, 3.8) is 0 Å². The number of hydrogen-bond acceptors (Lipinski definition) is 2. The summed E-state index contributed by atoms with van der Waals surface area (Å²) in [5.41, 5.74) is 0. The van der Waals surface area contributed by atoms with Crippen molar-refractivity contribution in [1.29, 1.82) is 0 Å². The first-order valence-electron chi connectivity index (χ1n) is 4.44. The van der Waals surface area contributed by atoms with Gasteiger partial charge in [0.2, 0.25) is 0 Å². The van der Waals surface area contributed by atoms with E-state index in [-0.39, 0.29) is 0 Å².